The van der Waals surface area contributed by atoms with Gasteiger partial charge in [0, 0.05) is 12.6 Å². The quantitative estimate of drug-likeness (QED) is 0.799. The minimum absolute atomic E-state index is 0.0810. The molecular weight excluding hydrogens is 252 g/mol. The highest BCUT2D eigenvalue weighted by Crippen LogP contribution is 2.20. The Morgan fingerprint density at radius 3 is 2.50 bits per heavy atom. The molecule has 1 unspecified atom stereocenters. The van der Waals surface area contributed by atoms with Crippen molar-refractivity contribution >= 4 is 5.91 Å². The van der Waals surface area contributed by atoms with Gasteiger partial charge in [-0.1, -0.05) is 12.1 Å². The van der Waals surface area contributed by atoms with Crippen LogP contribution in [0.25, 0.3) is 0 Å². The Morgan fingerprint density at radius 2 is 2.00 bits per heavy atom. The van der Waals surface area contributed by atoms with E-state index >= 15 is 0 Å². The van der Waals surface area contributed by atoms with E-state index in [0.717, 1.165) is 24.2 Å². The summed E-state index contributed by atoms with van der Waals surface area (Å²) in [5, 5.41) is 3.02. The lowest BCUT2D eigenvalue weighted by atomic mass is 9.98. The molecule has 0 heterocycles. The zero-order chi connectivity index (χ0) is 14.5. The van der Waals surface area contributed by atoms with Crippen LogP contribution in [0, 0.1) is 5.92 Å². The van der Waals surface area contributed by atoms with Gasteiger partial charge in [0.05, 0.1) is 12.0 Å². The van der Waals surface area contributed by atoms with Crippen molar-refractivity contribution in [2.45, 2.75) is 45.3 Å². The first-order valence-electron chi connectivity index (χ1n) is 7.34. The molecule has 2 rings (SSSR count). The Morgan fingerprint density at radius 1 is 1.35 bits per heavy atom. The predicted octanol–water partition coefficient (Wildman–Crippen LogP) is 1.87. The van der Waals surface area contributed by atoms with Crippen LogP contribution < -0.4 is 15.8 Å². The first-order chi connectivity index (χ1) is 9.58. The minimum Gasteiger partial charge on any atom is -0.491 e. The molecule has 0 bridgehead atoms. The van der Waals surface area contributed by atoms with Crippen molar-refractivity contribution in [3.05, 3.63) is 29.8 Å². The molecule has 0 aliphatic heterocycles. The predicted molar refractivity (Wildman–Crippen MR) is 79.6 cm³/mol. The van der Waals surface area contributed by atoms with Gasteiger partial charge in [0.15, 0.2) is 0 Å². The molecule has 1 saturated carbocycles. The van der Waals surface area contributed by atoms with Crippen molar-refractivity contribution in [1.82, 2.24) is 5.32 Å². The molecule has 1 aromatic carbocycles. The summed E-state index contributed by atoms with van der Waals surface area (Å²) in [6.07, 6.45) is 3.05. The summed E-state index contributed by atoms with van der Waals surface area (Å²) in [5.41, 5.74) is 6.84. The number of benzene rings is 1. The molecule has 1 aliphatic rings. The average Bonchev–Trinajstić information content (AvgIpc) is 3.21. The molecule has 3 N–H and O–H groups in total. The van der Waals surface area contributed by atoms with E-state index in [0.29, 0.717) is 19.0 Å². The molecule has 4 heteroatoms. The fourth-order valence-electron chi connectivity index (χ4n) is 2.09. The number of amides is 1. The fourth-order valence-corrected chi connectivity index (χ4v) is 2.09. The first kappa shape index (κ1) is 14.9. The van der Waals surface area contributed by atoms with Crippen LogP contribution in [-0.2, 0) is 11.2 Å². The number of carbonyl (C=O) groups excluding carboxylic acids is 1. The smallest absolute Gasteiger partial charge is 0.224 e. The van der Waals surface area contributed by atoms with Gasteiger partial charge in [-0.25, -0.2) is 0 Å². The standard InChI is InChI=1S/C16H24N2O2/c1-11(2)20-15-7-3-12(4-8-15)9-13(10-17)16(19)18-14-5-6-14/h3-4,7-8,11,13-14H,5-6,9-10,17H2,1-2H3,(H,18,19). The van der Waals surface area contributed by atoms with Crippen molar-refractivity contribution in [2.24, 2.45) is 11.7 Å². The minimum atomic E-state index is -0.146. The number of hydrogen-bond acceptors (Lipinski definition) is 3. The van der Waals surface area contributed by atoms with E-state index in [1.54, 1.807) is 0 Å². The van der Waals surface area contributed by atoms with E-state index in [2.05, 4.69) is 5.32 Å². The SMILES string of the molecule is CC(C)Oc1ccc(CC(CN)C(=O)NC2CC2)cc1. The van der Waals surface area contributed by atoms with Gasteiger partial charge in [-0.3, -0.25) is 4.79 Å². The number of hydrogen-bond donors (Lipinski definition) is 2. The summed E-state index contributed by atoms with van der Waals surface area (Å²) in [6.45, 7) is 4.38. The van der Waals surface area contributed by atoms with Crippen molar-refractivity contribution in [3.8, 4) is 5.75 Å². The van der Waals surface area contributed by atoms with Gasteiger partial charge in [0.2, 0.25) is 5.91 Å². The van der Waals surface area contributed by atoms with E-state index in [4.69, 9.17) is 10.5 Å². The van der Waals surface area contributed by atoms with E-state index < -0.39 is 0 Å². The number of carbonyl (C=O) groups is 1. The van der Waals surface area contributed by atoms with E-state index in [-0.39, 0.29) is 17.9 Å². The molecule has 1 aromatic rings. The molecular formula is C16H24N2O2. The second kappa shape index (κ2) is 6.75. The van der Waals surface area contributed by atoms with Gasteiger partial charge >= 0.3 is 0 Å². The van der Waals surface area contributed by atoms with E-state index in [1.807, 2.05) is 38.1 Å². The third-order valence-corrected chi connectivity index (χ3v) is 3.36. The third-order valence-electron chi connectivity index (χ3n) is 3.36. The summed E-state index contributed by atoms with van der Waals surface area (Å²) in [4.78, 5) is 12.0. The summed E-state index contributed by atoms with van der Waals surface area (Å²) in [6, 6.07) is 8.29. The largest absolute Gasteiger partial charge is 0.491 e. The number of nitrogens with one attached hydrogen (secondary N) is 1. The molecule has 1 aliphatic carbocycles. The van der Waals surface area contributed by atoms with Crippen LogP contribution in [0.3, 0.4) is 0 Å². The lowest BCUT2D eigenvalue weighted by Crippen LogP contribution is -2.37. The number of ether oxygens (including phenoxy) is 1. The first-order valence-corrected chi connectivity index (χ1v) is 7.34. The lowest BCUT2D eigenvalue weighted by molar-refractivity contribution is -0.124. The fraction of sp³-hybridized carbons (Fsp3) is 0.562. The van der Waals surface area contributed by atoms with E-state index in [1.165, 1.54) is 0 Å². The maximum Gasteiger partial charge on any atom is 0.224 e. The zero-order valence-electron chi connectivity index (χ0n) is 12.3. The van der Waals surface area contributed by atoms with Crippen molar-refractivity contribution in [1.29, 1.82) is 0 Å². The molecule has 20 heavy (non-hydrogen) atoms. The van der Waals surface area contributed by atoms with Crippen molar-refractivity contribution in [2.75, 3.05) is 6.54 Å². The van der Waals surface area contributed by atoms with Gasteiger partial charge in [-0.05, 0) is 50.8 Å². The second-order valence-electron chi connectivity index (χ2n) is 5.73. The molecule has 1 atom stereocenters. The Hall–Kier alpha value is -1.55. The van der Waals surface area contributed by atoms with Crippen LogP contribution in [0.15, 0.2) is 24.3 Å². The van der Waals surface area contributed by atoms with Gasteiger partial charge in [-0.2, -0.15) is 0 Å². The van der Waals surface area contributed by atoms with E-state index in [9.17, 15) is 4.79 Å². The van der Waals surface area contributed by atoms with Crippen LogP contribution in [0.2, 0.25) is 0 Å². The van der Waals surface area contributed by atoms with Crippen LogP contribution in [-0.4, -0.2) is 24.6 Å². The molecule has 1 amide bonds. The lowest BCUT2D eigenvalue weighted by Gasteiger charge is -2.15. The number of nitrogens with two attached hydrogens (primary N) is 1. The maximum atomic E-state index is 12.0. The van der Waals surface area contributed by atoms with Crippen LogP contribution in [0.5, 0.6) is 5.75 Å². The van der Waals surface area contributed by atoms with Gasteiger partial charge in [-0.15, -0.1) is 0 Å². The highest BCUT2D eigenvalue weighted by molar-refractivity contribution is 5.79. The Bertz CT molecular complexity index is 438. The molecule has 4 nitrogen and oxygen atoms in total. The zero-order valence-corrected chi connectivity index (χ0v) is 12.3. The molecule has 0 radical (unpaired) electrons. The topological polar surface area (TPSA) is 64.3 Å². The van der Waals surface area contributed by atoms with Crippen LogP contribution in [0.1, 0.15) is 32.3 Å². The van der Waals surface area contributed by atoms with Crippen LogP contribution >= 0.6 is 0 Å². The number of rotatable bonds is 7. The second-order valence-corrected chi connectivity index (χ2v) is 5.73. The summed E-state index contributed by atoms with van der Waals surface area (Å²) < 4.78 is 5.60. The summed E-state index contributed by atoms with van der Waals surface area (Å²) in [5.74, 6) is 0.792. The third kappa shape index (κ3) is 4.53. The van der Waals surface area contributed by atoms with Gasteiger partial charge < -0.3 is 15.8 Å². The van der Waals surface area contributed by atoms with Gasteiger partial charge in [0.1, 0.15) is 5.75 Å². The highest BCUT2D eigenvalue weighted by Gasteiger charge is 2.26. The molecule has 0 saturated heterocycles. The molecule has 1 fully saturated rings. The molecule has 0 spiro atoms. The molecule has 0 aromatic heterocycles. The normalized spacial score (nSPS) is 16.0. The maximum absolute atomic E-state index is 12.0. The monoisotopic (exact) mass is 276 g/mol. The summed E-state index contributed by atoms with van der Waals surface area (Å²) >= 11 is 0. The van der Waals surface area contributed by atoms with Crippen molar-refractivity contribution < 1.29 is 9.53 Å². The summed E-state index contributed by atoms with van der Waals surface area (Å²) in [7, 11) is 0. The molecule has 110 valence electrons. The van der Waals surface area contributed by atoms with Crippen LogP contribution in [0.4, 0.5) is 0 Å². The van der Waals surface area contributed by atoms with Crippen molar-refractivity contribution in [3.63, 3.8) is 0 Å². The Labute approximate surface area is 120 Å². The highest BCUT2D eigenvalue weighted by atomic mass is 16.5. The Kier molecular flexibility index (Phi) is 5.01. The average molecular weight is 276 g/mol. The van der Waals surface area contributed by atoms with Gasteiger partial charge in [0.25, 0.3) is 0 Å². The Balaban J connectivity index is 1.90.